The van der Waals surface area contributed by atoms with Crippen LogP contribution in [0.1, 0.15) is 28.2 Å². The average Bonchev–Trinajstić information content (AvgIpc) is 3.05. The van der Waals surface area contributed by atoms with Gasteiger partial charge in [-0.2, -0.15) is 5.10 Å². The van der Waals surface area contributed by atoms with E-state index in [-0.39, 0.29) is 12.0 Å². The highest BCUT2D eigenvalue weighted by molar-refractivity contribution is 5.96. The van der Waals surface area contributed by atoms with Gasteiger partial charge in [0, 0.05) is 38.0 Å². The molecule has 7 heteroatoms. The van der Waals surface area contributed by atoms with Gasteiger partial charge in [-0.25, -0.2) is 9.97 Å². The Labute approximate surface area is 128 Å². The predicted octanol–water partition coefficient (Wildman–Crippen LogP) is 1.12. The number of hydrogen-bond acceptors (Lipinski definition) is 5. The quantitative estimate of drug-likeness (QED) is 0.849. The maximum absolute atomic E-state index is 12.7. The van der Waals surface area contributed by atoms with Crippen LogP contribution in [-0.2, 0) is 7.05 Å². The third kappa shape index (κ3) is 2.66. The van der Waals surface area contributed by atoms with Gasteiger partial charge in [-0.1, -0.05) is 0 Å². The molecule has 0 saturated carbocycles. The molecule has 0 spiro atoms. The third-order valence-corrected chi connectivity index (χ3v) is 4.00. The Morgan fingerprint density at radius 3 is 2.86 bits per heavy atom. The minimum absolute atomic E-state index is 0.0249. The van der Waals surface area contributed by atoms with Crippen LogP contribution in [0, 0.1) is 13.8 Å². The molecule has 1 atom stereocenters. The van der Waals surface area contributed by atoms with Crippen LogP contribution in [0.3, 0.4) is 0 Å². The van der Waals surface area contributed by atoms with Crippen LogP contribution in [0.25, 0.3) is 0 Å². The predicted molar refractivity (Wildman–Crippen MR) is 79.7 cm³/mol. The van der Waals surface area contributed by atoms with E-state index in [1.54, 1.807) is 16.9 Å². The molecule has 1 amide bonds. The molecule has 0 aromatic carbocycles. The first-order chi connectivity index (χ1) is 10.6. The molecular weight excluding hydrogens is 282 g/mol. The van der Waals surface area contributed by atoms with Crippen molar-refractivity contribution in [1.29, 1.82) is 0 Å². The Balaban J connectivity index is 1.68. The van der Waals surface area contributed by atoms with Crippen molar-refractivity contribution < 1.29 is 9.53 Å². The number of likely N-dealkylation sites (tertiary alicyclic amines) is 1. The average molecular weight is 301 g/mol. The number of amides is 1. The van der Waals surface area contributed by atoms with Gasteiger partial charge in [-0.05, 0) is 13.8 Å². The lowest BCUT2D eigenvalue weighted by Gasteiger charge is -2.17. The van der Waals surface area contributed by atoms with E-state index in [4.69, 9.17) is 4.74 Å². The van der Waals surface area contributed by atoms with Crippen LogP contribution in [0.2, 0.25) is 0 Å². The van der Waals surface area contributed by atoms with Crippen LogP contribution >= 0.6 is 0 Å². The topological polar surface area (TPSA) is 73.1 Å². The van der Waals surface area contributed by atoms with Crippen LogP contribution in [0.5, 0.6) is 5.88 Å². The van der Waals surface area contributed by atoms with Crippen LogP contribution in [0.15, 0.2) is 18.6 Å². The molecule has 22 heavy (non-hydrogen) atoms. The first kappa shape index (κ1) is 14.5. The number of carbonyl (C=O) groups is 1. The zero-order chi connectivity index (χ0) is 15.7. The first-order valence-corrected chi connectivity index (χ1v) is 7.28. The van der Waals surface area contributed by atoms with Crippen LogP contribution in [-0.4, -0.2) is 49.7 Å². The Morgan fingerprint density at radius 1 is 1.41 bits per heavy atom. The van der Waals surface area contributed by atoms with Gasteiger partial charge in [0.2, 0.25) is 5.88 Å². The Bertz CT molecular complexity index is 683. The second-order valence-electron chi connectivity index (χ2n) is 5.50. The van der Waals surface area contributed by atoms with E-state index >= 15 is 0 Å². The summed E-state index contributed by atoms with van der Waals surface area (Å²) in [5.74, 6) is 0.569. The van der Waals surface area contributed by atoms with Gasteiger partial charge in [0.15, 0.2) is 0 Å². The molecule has 0 radical (unpaired) electrons. The molecule has 1 aliphatic heterocycles. The Hall–Kier alpha value is -2.44. The van der Waals surface area contributed by atoms with Crippen molar-refractivity contribution in [2.75, 3.05) is 13.1 Å². The van der Waals surface area contributed by atoms with E-state index in [0.29, 0.717) is 24.5 Å². The summed E-state index contributed by atoms with van der Waals surface area (Å²) in [7, 11) is 1.85. The third-order valence-electron chi connectivity index (χ3n) is 4.00. The number of carbonyl (C=O) groups excluding carboxylic acids is 1. The summed E-state index contributed by atoms with van der Waals surface area (Å²) in [5.41, 5.74) is 2.36. The lowest BCUT2D eigenvalue weighted by atomic mass is 10.2. The van der Waals surface area contributed by atoms with E-state index < -0.39 is 0 Å². The second kappa shape index (κ2) is 5.75. The Kier molecular flexibility index (Phi) is 3.79. The van der Waals surface area contributed by atoms with Gasteiger partial charge in [-0.3, -0.25) is 9.48 Å². The van der Waals surface area contributed by atoms with Gasteiger partial charge < -0.3 is 9.64 Å². The first-order valence-electron chi connectivity index (χ1n) is 7.28. The van der Waals surface area contributed by atoms with Gasteiger partial charge in [-0.15, -0.1) is 0 Å². The molecule has 2 aromatic heterocycles. The fraction of sp³-hybridized carbons (Fsp3) is 0.467. The van der Waals surface area contributed by atoms with Crippen molar-refractivity contribution in [2.45, 2.75) is 26.4 Å². The highest BCUT2D eigenvalue weighted by Gasteiger charge is 2.31. The molecule has 2 aromatic rings. The largest absolute Gasteiger partial charge is 0.472 e. The van der Waals surface area contributed by atoms with Crippen LogP contribution in [0.4, 0.5) is 0 Å². The number of nitrogens with zero attached hydrogens (tertiary/aromatic N) is 5. The van der Waals surface area contributed by atoms with Crippen LogP contribution < -0.4 is 4.74 Å². The minimum Gasteiger partial charge on any atom is -0.472 e. The number of aromatic nitrogens is 4. The fourth-order valence-corrected chi connectivity index (χ4v) is 2.77. The maximum Gasteiger partial charge on any atom is 0.257 e. The van der Waals surface area contributed by atoms with Crippen molar-refractivity contribution >= 4 is 5.91 Å². The fourth-order valence-electron chi connectivity index (χ4n) is 2.77. The SMILES string of the molecule is Cc1nn(C)c(C)c1C(=O)N1CC[C@H](Oc2ccncn2)C1. The molecular formula is C15H19N5O2. The highest BCUT2D eigenvalue weighted by Crippen LogP contribution is 2.21. The molecule has 7 nitrogen and oxygen atoms in total. The summed E-state index contributed by atoms with van der Waals surface area (Å²) in [6.45, 7) is 5.03. The minimum atomic E-state index is -0.0314. The van der Waals surface area contributed by atoms with Gasteiger partial charge in [0.05, 0.1) is 17.8 Å². The number of aryl methyl sites for hydroxylation is 2. The molecule has 0 unspecified atom stereocenters. The number of rotatable bonds is 3. The standard InChI is InChI=1S/C15H19N5O2/c1-10-14(11(2)19(3)18-10)15(21)20-7-5-12(8-20)22-13-4-6-16-9-17-13/h4,6,9,12H,5,7-8H2,1-3H3/t12-/m0/s1. The van der Waals surface area contributed by atoms with Gasteiger partial charge in [0.1, 0.15) is 12.4 Å². The molecule has 1 aliphatic rings. The van der Waals surface area contributed by atoms with E-state index in [1.165, 1.54) is 6.33 Å². The Morgan fingerprint density at radius 2 is 2.23 bits per heavy atom. The molecule has 0 bridgehead atoms. The molecule has 3 rings (SSSR count). The normalized spacial score (nSPS) is 17.8. The molecule has 1 saturated heterocycles. The molecule has 3 heterocycles. The second-order valence-corrected chi connectivity index (χ2v) is 5.50. The molecule has 116 valence electrons. The zero-order valence-electron chi connectivity index (χ0n) is 13.0. The molecule has 1 fully saturated rings. The summed E-state index contributed by atoms with van der Waals surface area (Å²) >= 11 is 0. The zero-order valence-corrected chi connectivity index (χ0v) is 13.0. The van der Waals surface area contributed by atoms with E-state index in [0.717, 1.165) is 17.8 Å². The van der Waals surface area contributed by atoms with E-state index in [9.17, 15) is 4.79 Å². The van der Waals surface area contributed by atoms with E-state index in [2.05, 4.69) is 15.1 Å². The van der Waals surface area contributed by atoms with Crippen molar-refractivity contribution in [3.8, 4) is 5.88 Å². The summed E-state index contributed by atoms with van der Waals surface area (Å²) in [6, 6.07) is 1.72. The lowest BCUT2D eigenvalue weighted by molar-refractivity contribution is 0.0769. The van der Waals surface area contributed by atoms with Crippen molar-refractivity contribution in [2.24, 2.45) is 7.05 Å². The summed E-state index contributed by atoms with van der Waals surface area (Å²) in [6.07, 6.45) is 3.86. The summed E-state index contributed by atoms with van der Waals surface area (Å²) < 4.78 is 7.53. The van der Waals surface area contributed by atoms with Gasteiger partial charge >= 0.3 is 0 Å². The van der Waals surface area contributed by atoms with Crippen molar-refractivity contribution in [3.63, 3.8) is 0 Å². The lowest BCUT2D eigenvalue weighted by Crippen LogP contribution is -2.31. The summed E-state index contributed by atoms with van der Waals surface area (Å²) in [5, 5.41) is 4.31. The monoisotopic (exact) mass is 301 g/mol. The highest BCUT2D eigenvalue weighted by atomic mass is 16.5. The van der Waals surface area contributed by atoms with Gasteiger partial charge in [0.25, 0.3) is 5.91 Å². The number of ether oxygens (including phenoxy) is 1. The molecule has 0 aliphatic carbocycles. The van der Waals surface area contributed by atoms with E-state index in [1.807, 2.05) is 25.8 Å². The van der Waals surface area contributed by atoms with Crippen molar-refractivity contribution in [3.05, 3.63) is 35.5 Å². The molecule has 0 N–H and O–H groups in total. The summed E-state index contributed by atoms with van der Waals surface area (Å²) in [4.78, 5) is 22.4. The smallest absolute Gasteiger partial charge is 0.257 e. The number of hydrogen-bond donors (Lipinski definition) is 0. The maximum atomic E-state index is 12.7. The van der Waals surface area contributed by atoms with Crippen molar-refractivity contribution in [1.82, 2.24) is 24.6 Å².